The second-order valence-electron chi connectivity index (χ2n) is 6.60. The number of benzene rings is 1. The number of carbonyl (C=O) groups is 1. The van der Waals surface area contributed by atoms with E-state index in [0.717, 1.165) is 12.1 Å². The van der Waals surface area contributed by atoms with Crippen molar-refractivity contribution in [2.75, 3.05) is 6.54 Å². The highest BCUT2D eigenvalue weighted by atomic mass is 35.5. The van der Waals surface area contributed by atoms with Crippen molar-refractivity contribution in [3.05, 3.63) is 47.7 Å². The molecule has 9 heteroatoms. The van der Waals surface area contributed by atoms with Crippen LogP contribution in [0.4, 0.5) is 0 Å². The lowest BCUT2D eigenvalue weighted by Crippen LogP contribution is -2.22. The molecule has 3 aromatic rings. The van der Waals surface area contributed by atoms with E-state index in [1.807, 2.05) is 31.4 Å². The van der Waals surface area contributed by atoms with Crippen molar-refractivity contribution in [2.24, 2.45) is 0 Å². The summed E-state index contributed by atoms with van der Waals surface area (Å²) < 4.78 is 8.27. The zero-order chi connectivity index (χ0) is 20.3. The van der Waals surface area contributed by atoms with Gasteiger partial charge in [-0.1, -0.05) is 32.0 Å². The van der Waals surface area contributed by atoms with E-state index < -0.39 is 0 Å². The number of hydrogen-bond donors (Lipinski definition) is 0. The van der Waals surface area contributed by atoms with Gasteiger partial charge in [0.1, 0.15) is 12.0 Å². The van der Waals surface area contributed by atoms with Crippen LogP contribution in [0, 0.1) is 0 Å². The Hall–Kier alpha value is -2.38. The first-order valence-electron chi connectivity index (χ1n) is 9.00. The van der Waals surface area contributed by atoms with E-state index in [9.17, 15) is 4.79 Å². The van der Waals surface area contributed by atoms with E-state index in [1.54, 1.807) is 24.5 Å². The normalized spacial score (nSPS) is 11.2. The molecule has 2 heterocycles. The van der Waals surface area contributed by atoms with Crippen molar-refractivity contribution < 1.29 is 9.32 Å². The first-order valence-corrected chi connectivity index (χ1v) is 9.87. The molecule has 0 saturated carbocycles. The molecule has 0 fully saturated rings. The van der Waals surface area contributed by atoms with Crippen LogP contribution in [0.15, 0.2) is 35.1 Å². The smallest absolute Gasteiger partial charge is 0.268 e. The summed E-state index contributed by atoms with van der Waals surface area (Å²) in [5.74, 6) is 0.984. The number of nitrogens with zero attached hydrogens (tertiary/aromatic N) is 5. The number of rotatable bonds is 7. The summed E-state index contributed by atoms with van der Waals surface area (Å²) in [6.45, 7) is 6.38. The Morgan fingerprint density at radius 1 is 1.36 bits per heavy atom. The second kappa shape index (κ2) is 8.75. The van der Waals surface area contributed by atoms with Crippen LogP contribution in [0.5, 0.6) is 0 Å². The molecule has 28 heavy (non-hydrogen) atoms. The topological polar surface area (TPSA) is 77.0 Å². The van der Waals surface area contributed by atoms with Crippen LogP contribution in [-0.4, -0.2) is 36.6 Å². The highest BCUT2D eigenvalue weighted by Crippen LogP contribution is 2.26. The summed E-state index contributed by atoms with van der Waals surface area (Å²) in [6.07, 6.45) is 2.41. The van der Waals surface area contributed by atoms with E-state index in [-0.39, 0.29) is 17.7 Å². The lowest BCUT2D eigenvalue weighted by Gasteiger charge is -2.14. The van der Waals surface area contributed by atoms with Gasteiger partial charge in [-0.3, -0.25) is 9.21 Å². The van der Waals surface area contributed by atoms with Crippen molar-refractivity contribution in [1.29, 1.82) is 0 Å². The monoisotopic (exact) mass is 421 g/mol. The highest BCUT2D eigenvalue weighted by Gasteiger charge is 2.20. The second-order valence-corrected chi connectivity index (χ2v) is 7.27. The Morgan fingerprint density at radius 3 is 2.79 bits per heavy atom. The molecule has 2 aromatic heterocycles. The quantitative estimate of drug-likeness (QED) is 0.404. The van der Waals surface area contributed by atoms with Gasteiger partial charge in [-0.15, -0.1) is 11.6 Å². The van der Waals surface area contributed by atoms with Gasteiger partial charge < -0.3 is 9.09 Å². The van der Waals surface area contributed by atoms with Crippen LogP contribution in [0.2, 0.25) is 0 Å². The van der Waals surface area contributed by atoms with Gasteiger partial charge in [-0.25, -0.2) is 4.98 Å². The fraction of sp³-hybridized carbons (Fsp3) is 0.368. The molecule has 0 unspecified atom stereocenters. The van der Waals surface area contributed by atoms with Crippen LogP contribution in [0.3, 0.4) is 0 Å². The van der Waals surface area contributed by atoms with Crippen LogP contribution in [-0.2, 0) is 5.88 Å². The third-order valence-electron chi connectivity index (χ3n) is 4.15. The Bertz CT molecular complexity index is 967. The summed E-state index contributed by atoms with van der Waals surface area (Å²) in [4.78, 5) is 21.3. The number of imidazole rings is 1. The third kappa shape index (κ3) is 4.05. The van der Waals surface area contributed by atoms with Crippen molar-refractivity contribution in [2.45, 2.75) is 39.0 Å². The first kappa shape index (κ1) is 20.4. The molecule has 1 amide bonds. The molecule has 1 aromatic carbocycles. The van der Waals surface area contributed by atoms with E-state index in [0.29, 0.717) is 35.2 Å². The molecule has 0 bridgehead atoms. The maximum atomic E-state index is 12.5. The first-order chi connectivity index (χ1) is 13.5. The molecular formula is C19H21Cl2N5O2. The number of carbonyl (C=O) groups excluding carboxylic acids is 1. The number of halogens is 2. The zero-order valence-corrected chi connectivity index (χ0v) is 17.4. The molecule has 0 aliphatic carbocycles. The molecule has 0 atom stereocenters. The van der Waals surface area contributed by atoms with Gasteiger partial charge in [0.25, 0.3) is 5.91 Å². The van der Waals surface area contributed by atoms with E-state index >= 15 is 0 Å². The number of hydrogen-bond acceptors (Lipinski definition) is 5. The fourth-order valence-corrected chi connectivity index (χ4v) is 3.23. The number of amides is 1. The lowest BCUT2D eigenvalue weighted by molar-refractivity contribution is 0.0863. The Balaban J connectivity index is 1.97. The van der Waals surface area contributed by atoms with Gasteiger partial charge in [-0.05, 0) is 24.6 Å². The molecule has 148 valence electrons. The number of alkyl halides is 1. The van der Waals surface area contributed by atoms with Crippen LogP contribution in [0.25, 0.3) is 17.2 Å². The molecule has 0 radical (unpaired) electrons. The van der Waals surface area contributed by atoms with Crippen LogP contribution < -0.4 is 0 Å². The minimum absolute atomic E-state index is 0.118. The SMILES string of the molecule is CCCN(Cl)C(=O)c1cccc(-n2cnc(-c3noc(C(C)C)n3)c2CCl)c1. The van der Waals surface area contributed by atoms with Crippen LogP contribution >= 0.6 is 23.4 Å². The van der Waals surface area contributed by atoms with Crippen molar-refractivity contribution in [3.8, 4) is 17.2 Å². The van der Waals surface area contributed by atoms with Crippen molar-refractivity contribution in [1.82, 2.24) is 24.1 Å². The van der Waals surface area contributed by atoms with Gasteiger partial charge in [0, 0.05) is 35.5 Å². The van der Waals surface area contributed by atoms with E-state index in [4.69, 9.17) is 27.9 Å². The Labute approximate surface area is 173 Å². The average Bonchev–Trinajstić information content (AvgIpc) is 3.34. The molecule has 3 rings (SSSR count). The van der Waals surface area contributed by atoms with Gasteiger partial charge in [0.15, 0.2) is 0 Å². The Morgan fingerprint density at radius 2 is 2.14 bits per heavy atom. The Kier molecular flexibility index (Phi) is 6.36. The zero-order valence-electron chi connectivity index (χ0n) is 15.9. The summed E-state index contributed by atoms with van der Waals surface area (Å²) in [7, 11) is 0. The molecule has 0 saturated heterocycles. The van der Waals surface area contributed by atoms with Gasteiger partial charge in [-0.2, -0.15) is 4.98 Å². The third-order valence-corrected chi connectivity index (χ3v) is 4.73. The minimum atomic E-state index is -0.252. The molecule has 0 aliphatic heterocycles. The minimum Gasteiger partial charge on any atom is -0.339 e. The van der Waals surface area contributed by atoms with E-state index in [1.165, 1.54) is 4.42 Å². The molecule has 7 nitrogen and oxygen atoms in total. The molecular weight excluding hydrogens is 401 g/mol. The molecule has 0 spiro atoms. The fourth-order valence-electron chi connectivity index (χ4n) is 2.70. The van der Waals surface area contributed by atoms with Crippen molar-refractivity contribution >= 4 is 29.3 Å². The highest BCUT2D eigenvalue weighted by molar-refractivity contribution is 6.24. The standard InChI is InChI=1S/C19H21Cl2N5O2/c1-4-8-26(21)19(27)13-6-5-7-14(9-13)25-11-22-16(15(25)10-20)17-23-18(12(2)3)28-24-17/h5-7,9,11-12H,4,8,10H2,1-3H3. The average molecular weight is 422 g/mol. The number of aromatic nitrogens is 4. The lowest BCUT2D eigenvalue weighted by atomic mass is 10.1. The predicted octanol–water partition coefficient (Wildman–Crippen LogP) is 4.79. The largest absolute Gasteiger partial charge is 0.339 e. The van der Waals surface area contributed by atoms with E-state index in [2.05, 4.69) is 15.1 Å². The summed E-state index contributed by atoms with van der Waals surface area (Å²) in [6, 6.07) is 7.14. The summed E-state index contributed by atoms with van der Waals surface area (Å²) in [5, 5.41) is 4.01. The van der Waals surface area contributed by atoms with Gasteiger partial charge in [0.2, 0.25) is 11.7 Å². The summed E-state index contributed by atoms with van der Waals surface area (Å²) in [5.41, 5.74) is 2.48. The molecule has 0 aliphatic rings. The maximum absolute atomic E-state index is 12.5. The van der Waals surface area contributed by atoms with Crippen molar-refractivity contribution in [3.63, 3.8) is 0 Å². The van der Waals surface area contributed by atoms with Gasteiger partial charge >= 0.3 is 0 Å². The predicted molar refractivity (Wildman–Crippen MR) is 108 cm³/mol. The summed E-state index contributed by atoms with van der Waals surface area (Å²) >= 11 is 12.2. The van der Waals surface area contributed by atoms with Crippen LogP contribution in [0.1, 0.15) is 55.1 Å². The maximum Gasteiger partial charge on any atom is 0.268 e. The van der Waals surface area contributed by atoms with Gasteiger partial charge in [0.05, 0.1) is 11.6 Å². The molecule has 0 N–H and O–H groups in total.